The summed E-state index contributed by atoms with van der Waals surface area (Å²) in [4.78, 5) is 31.2. The van der Waals surface area contributed by atoms with Gasteiger partial charge in [-0.3, -0.25) is 9.36 Å². The summed E-state index contributed by atoms with van der Waals surface area (Å²) < 4.78 is 9.75. The highest BCUT2D eigenvalue weighted by Crippen LogP contribution is 2.30. The zero-order chi connectivity index (χ0) is 26.3. The van der Waals surface area contributed by atoms with Crippen LogP contribution in [0.1, 0.15) is 44.3 Å². The minimum atomic E-state index is -0.708. The molecule has 0 radical (unpaired) electrons. The Kier molecular flexibility index (Phi) is 6.30. The van der Waals surface area contributed by atoms with Crippen LogP contribution >= 0.6 is 0 Å². The average molecular weight is 501 g/mol. The van der Waals surface area contributed by atoms with Crippen molar-refractivity contribution in [2.75, 3.05) is 7.11 Å². The Labute approximate surface area is 212 Å². The standard InChI is InChI=1S/C26H28N8O3/c1-15(2)23-27-24-21(25(35)34(16(3)37-5)26(36)32(24)4)33(23)14-17-10-12-18(13-11-17)19-8-6-7-9-20(19)22-28-30-31-29-22/h6-13,15-16H,14H2,1-5H3,(H,28,29,30,31). The van der Waals surface area contributed by atoms with Gasteiger partial charge in [-0.1, -0.05) is 62.4 Å². The number of nitrogens with one attached hydrogen (secondary N) is 1. The summed E-state index contributed by atoms with van der Waals surface area (Å²) in [6, 6.07) is 16.0. The largest absolute Gasteiger partial charge is 0.361 e. The maximum absolute atomic E-state index is 13.5. The number of fused-ring (bicyclic) bond motifs is 1. The van der Waals surface area contributed by atoms with E-state index < -0.39 is 17.5 Å². The third kappa shape index (κ3) is 4.16. The van der Waals surface area contributed by atoms with Gasteiger partial charge in [-0.25, -0.2) is 14.3 Å². The summed E-state index contributed by atoms with van der Waals surface area (Å²) in [5.74, 6) is 1.30. The van der Waals surface area contributed by atoms with Crippen molar-refractivity contribution < 1.29 is 4.74 Å². The Morgan fingerprint density at radius 3 is 2.32 bits per heavy atom. The summed E-state index contributed by atoms with van der Waals surface area (Å²) in [7, 11) is 3.09. The number of aryl methyl sites for hydroxylation is 1. The van der Waals surface area contributed by atoms with E-state index in [2.05, 4.69) is 20.6 Å². The molecule has 0 spiro atoms. The van der Waals surface area contributed by atoms with E-state index >= 15 is 0 Å². The predicted molar refractivity (Wildman–Crippen MR) is 139 cm³/mol. The molecule has 0 bridgehead atoms. The van der Waals surface area contributed by atoms with E-state index in [1.807, 2.05) is 66.9 Å². The van der Waals surface area contributed by atoms with E-state index in [0.717, 1.165) is 32.6 Å². The molecule has 0 fully saturated rings. The van der Waals surface area contributed by atoms with Crippen molar-refractivity contribution in [3.05, 3.63) is 80.8 Å². The molecular weight excluding hydrogens is 472 g/mol. The summed E-state index contributed by atoms with van der Waals surface area (Å²) in [5.41, 5.74) is 3.71. The second-order valence-corrected chi connectivity index (χ2v) is 9.21. The molecule has 0 saturated carbocycles. The number of rotatable bonds is 7. The van der Waals surface area contributed by atoms with E-state index in [1.54, 1.807) is 14.0 Å². The molecule has 11 heteroatoms. The fraction of sp³-hybridized carbons (Fsp3) is 0.308. The number of H-pyrrole nitrogens is 1. The van der Waals surface area contributed by atoms with Crippen LogP contribution in [0, 0.1) is 0 Å². The fourth-order valence-electron chi connectivity index (χ4n) is 4.56. The molecule has 11 nitrogen and oxygen atoms in total. The number of nitrogens with zero attached hydrogens (tertiary/aromatic N) is 7. The highest BCUT2D eigenvalue weighted by Gasteiger charge is 2.23. The van der Waals surface area contributed by atoms with Crippen LogP contribution in [0.2, 0.25) is 0 Å². The maximum atomic E-state index is 13.5. The van der Waals surface area contributed by atoms with E-state index in [1.165, 1.54) is 11.7 Å². The molecular formula is C26H28N8O3. The van der Waals surface area contributed by atoms with Crippen LogP contribution in [-0.2, 0) is 18.3 Å². The van der Waals surface area contributed by atoms with Crippen molar-refractivity contribution in [3.63, 3.8) is 0 Å². The van der Waals surface area contributed by atoms with Crippen molar-refractivity contribution in [3.8, 4) is 22.5 Å². The minimum Gasteiger partial charge on any atom is -0.361 e. The summed E-state index contributed by atoms with van der Waals surface area (Å²) in [6.45, 7) is 6.13. The number of aromatic nitrogens is 8. The Morgan fingerprint density at radius 2 is 1.70 bits per heavy atom. The highest BCUT2D eigenvalue weighted by atomic mass is 16.5. The number of hydrogen-bond donors (Lipinski definition) is 1. The second-order valence-electron chi connectivity index (χ2n) is 9.21. The normalized spacial score (nSPS) is 12.5. The number of hydrogen-bond acceptors (Lipinski definition) is 7. The van der Waals surface area contributed by atoms with Crippen molar-refractivity contribution in [1.82, 2.24) is 39.3 Å². The van der Waals surface area contributed by atoms with Gasteiger partial charge in [0.1, 0.15) is 12.1 Å². The molecule has 0 saturated heterocycles. The molecule has 3 heterocycles. The molecule has 0 aliphatic carbocycles. The minimum absolute atomic E-state index is 0.0383. The van der Waals surface area contributed by atoms with Gasteiger partial charge in [-0.05, 0) is 28.8 Å². The molecule has 0 aliphatic rings. The van der Waals surface area contributed by atoms with Gasteiger partial charge in [-0.2, -0.15) is 5.21 Å². The maximum Gasteiger partial charge on any atom is 0.334 e. The molecule has 1 unspecified atom stereocenters. The zero-order valence-electron chi connectivity index (χ0n) is 21.3. The van der Waals surface area contributed by atoms with Crippen molar-refractivity contribution >= 4 is 11.2 Å². The first kappa shape index (κ1) is 24.3. The monoisotopic (exact) mass is 500 g/mol. The third-order valence-electron chi connectivity index (χ3n) is 6.55. The van der Waals surface area contributed by atoms with Crippen LogP contribution in [-0.4, -0.2) is 46.4 Å². The molecule has 0 amide bonds. The fourth-order valence-corrected chi connectivity index (χ4v) is 4.56. The van der Waals surface area contributed by atoms with Crippen molar-refractivity contribution in [1.29, 1.82) is 0 Å². The zero-order valence-corrected chi connectivity index (χ0v) is 21.3. The SMILES string of the molecule is COC(C)n1c(=O)c2c(nc(C(C)C)n2Cc2ccc(-c3ccccc3-c3nn[nH]n3)cc2)n(C)c1=O. The van der Waals surface area contributed by atoms with E-state index in [9.17, 15) is 9.59 Å². The van der Waals surface area contributed by atoms with E-state index in [-0.39, 0.29) is 5.92 Å². The molecule has 3 aromatic heterocycles. The van der Waals surface area contributed by atoms with Crippen LogP contribution < -0.4 is 11.2 Å². The van der Waals surface area contributed by atoms with Gasteiger partial charge >= 0.3 is 5.69 Å². The van der Waals surface area contributed by atoms with E-state index in [0.29, 0.717) is 23.5 Å². The lowest BCUT2D eigenvalue weighted by molar-refractivity contribution is 0.0533. The summed E-state index contributed by atoms with van der Waals surface area (Å²) >= 11 is 0. The van der Waals surface area contributed by atoms with Gasteiger partial charge < -0.3 is 9.30 Å². The number of ether oxygens (including phenoxy) is 1. The molecule has 5 aromatic rings. The second kappa shape index (κ2) is 9.58. The first-order valence-electron chi connectivity index (χ1n) is 12.0. The molecule has 1 atom stereocenters. The summed E-state index contributed by atoms with van der Waals surface area (Å²) in [5, 5.41) is 14.4. The molecule has 190 valence electrons. The first-order chi connectivity index (χ1) is 17.8. The third-order valence-corrected chi connectivity index (χ3v) is 6.55. The van der Waals surface area contributed by atoms with Crippen LogP contribution in [0.4, 0.5) is 0 Å². The average Bonchev–Trinajstić information content (AvgIpc) is 3.57. The lowest BCUT2D eigenvalue weighted by atomic mass is 9.98. The van der Waals surface area contributed by atoms with Gasteiger partial charge in [0.15, 0.2) is 11.2 Å². The topological polar surface area (TPSA) is 126 Å². The molecule has 1 N–H and O–H groups in total. The smallest absolute Gasteiger partial charge is 0.334 e. The Balaban J connectivity index is 1.60. The molecule has 2 aromatic carbocycles. The van der Waals surface area contributed by atoms with Crippen LogP contribution in [0.25, 0.3) is 33.7 Å². The summed E-state index contributed by atoms with van der Waals surface area (Å²) in [6.07, 6.45) is -0.708. The van der Waals surface area contributed by atoms with Crippen LogP contribution in [0.5, 0.6) is 0 Å². The molecule has 5 rings (SSSR count). The molecule has 37 heavy (non-hydrogen) atoms. The van der Waals surface area contributed by atoms with Crippen molar-refractivity contribution in [2.24, 2.45) is 7.05 Å². The Bertz CT molecular complexity index is 1680. The predicted octanol–water partition coefficient (Wildman–Crippen LogP) is 3.08. The van der Waals surface area contributed by atoms with Gasteiger partial charge in [-0.15, -0.1) is 10.2 Å². The number of imidazole rings is 1. The lowest BCUT2D eigenvalue weighted by Crippen LogP contribution is -2.41. The van der Waals surface area contributed by atoms with Crippen molar-refractivity contribution in [2.45, 2.75) is 39.5 Å². The number of tetrazole rings is 1. The lowest BCUT2D eigenvalue weighted by Gasteiger charge is -2.15. The Morgan fingerprint density at radius 1 is 1.00 bits per heavy atom. The molecule has 0 aliphatic heterocycles. The van der Waals surface area contributed by atoms with Gasteiger partial charge in [0.2, 0.25) is 5.82 Å². The first-order valence-corrected chi connectivity index (χ1v) is 12.0. The highest BCUT2D eigenvalue weighted by molar-refractivity contribution is 5.80. The number of benzene rings is 2. The Hall–Kier alpha value is -4.38. The van der Waals surface area contributed by atoms with Gasteiger partial charge in [0.25, 0.3) is 5.56 Å². The van der Waals surface area contributed by atoms with E-state index in [4.69, 9.17) is 9.72 Å². The van der Waals surface area contributed by atoms with Crippen LogP contribution in [0.3, 0.4) is 0 Å². The number of aromatic amines is 1. The van der Waals surface area contributed by atoms with Gasteiger partial charge in [0, 0.05) is 32.2 Å². The number of methoxy groups -OCH3 is 1. The van der Waals surface area contributed by atoms with Crippen LogP contribution in [0.15, 0.2) is 58.1 Å². The van der Waals surface area contributed by atoms with Gasteiger partial charge in [0.05, 0.1) is 0 Å². The quantitative estimate of drug-likeness (QED) is 0.364.